The summed E-state index contributed by atoms with van der Waals surface area (Å²) in [5, 5.41) is 7.05. The molecule has 0 bridgehead atoms. The minimum absolute atomic E-state index is 0.161. The Balaban J connectivity index is 1.90. The van der Waals surface area contributed by atoms with Crippen LogP contribution in [0.4, 0.5) is 0 Å². The van der Waals surface area contributed by atoms with E-state index in [2.05, 4.69) is 10.4 Å². The van der Waals surface area contributed by atoms with Gasteiger partial charge in [-0.2, -0.15) is 5.10 Å². The molecule has 3 aromatic rings. The maximum atomic E-state index is 13.0. The van der Waals surface area contributed by atoms with Crippen molar-refractivity contribution < 1.29 is 14.4 Å². The molecular weight excluding hydrogens is 368 g/mol. The fourth-order valence-corrected chi connectivity index (χ4v) is 3.13. The summed E-state index contributed by atoms with van der Waals surface area (Å²) in [6, 6.07) is 15.7. The predicted octanol–water partition coefficient (Wildman–Crippen LogP) is 1.79. The summed E-state index contributed by atoms with van der Waals surface area (Å²) in [5.74, 6) is -2.43. The highest BCUT2D eigenvalue weighted by Gasteiger charge is 2.27. The van der Waals surface area contributed by atoms with Gasteiger partial charge in [0, 0.05) is 25.2 Å². The molecule has 0 radical (unpaired) electrons. The van der Waals surface area contributed by atoms with Crippen molar-refractivity contribution in [2.45, 2.75) is 19.4 Å². The Morgan fingerprint density at radius 2 is 1.83 bits per heavy atom. The lowest BCUT2D eigenvalue weighted by Crippen LogP contribution is -2.47. The number of carbonyl (C=O) groups is 3. The summed E-state index contributed by atoms with van der Waals surface area (Å²) >= 11 is 0. The molecule has 1 aromatic heterocycles. The normalized spacial score (nSPS) is 11.7. The van der Waals surface area contributed by atoms with E-state index in [0.29, 0.717) is 11.3 Å². The highest BCUT2D eigenvalue weighted by molar-refractivity contribution is 6.38. The third kappa shape index (κ3) is 4.76. The number of nitrogens with zero attached hydrogens (tertiary/aromatic N) is 2. The first-order valence-electron chi connectivity index (χ1n) is 9.14. The van der Waals surface area contributed by atoms with Gasteiger partial charge in [-0.25, -0.2) is 0 Å². The van der Waals surface area contributed by atoms with E-state index in [-0.39, 0.29) is 6.42 Å². The van der Waals surface area contributed by atoms with Gasteiger partial charge in [0.15, 0.2) is 0 Å². The van der Waals surface area contributed by atoms with Crippen LogP contribution in [0.3, 0.4) is 0 Å². The number of nitrogens with two attached hydrogens (primary N) is 1. The zero-order valence-corrected chi connectivity index (χ0v) is 16.3. The molecule has 7 heteroatoms. The average Bonchev–Trinajstić information content (AvgIpc) is 3.09. The first-order chi connectivity index (χ1) is 13.8. The molecule has 2 amide bonds. The minimum Gasteiger partial charge on any atom is -0.363 e. The van der Waals surface area contributed by atoms with Crippen LogP contribution in [-0.2, 0) is 23.1 Å². The SMILES string of the molecule is Cc1cccc(-c2nn(C)cc2C(=O)NC(Cc2ccccc2)C(=O)C(N)=O)c1. The lowest BCUT2D eigenvalue weighted by molar-refractivity contribution is -0.137. The number of carbonyl (C=O) groups excluding carboxylic acids is 3. The average molecular weight is 390 g/mol. The molecule has 0 saturated heterocycles. The van der Waals surface area contributed by atoms with E-state index in [9.17, 15) is 14.4 Å². The number of benzene rings is 2. The molecular formula is C22H22N4O3. The summed E-state index contributed by atoms with van der Waals surface area (Å²) in [7, 11) is 1.71. The molecule has 0 aliphatic rings. The third-order valence-electron chi connectivity index (χ3n) is 4.51. The van der Waals surface area contributed by atoms with E-state index in [1.54, 1.807) is 13.2 Å². The van der Waals surface area contributed by atoms with Crippen LogP contribution in [0, 0.1) is 6.92 Å². The number of Topliss-reactive ketones (excluding diaryl/α,β-unsaturated/α-hetero) is 1. The van der Waals surface area contributed by atoms with E-state index in [1.165, 1.54) is 4.68 Å². The molecule has 7 nitrogen and oxygen atoms in total. The summed E-state index contributed by atoms with van der Waals surface area (Å²) < 4.78 is 1.54. The molecule has 0 aliphatic carbocycles. The van der Waals surface area contributed by atoms with E-state index in [1.807, 2.05) is 61.5 Å². The number of hydrogen-bond acceptors (Lipinski definition) is 4. The van der Waals surface area contributed by atoms with E-state index in [4.69, 9.17) is 5.73 Å². The maximum Gasteiger partial charge on any atom is 0.287 e. The molecule has 2 aromatic carbocycles. The number of aryl methyl sites for hydroxylation is 2. The Morgan fingerprint density at radius 1 is 1.10 bits per heavy atom. The van der Waals surface area contributed by atoms with Crippen molar-refractivity contribution in [3.8, 4) is 11.3 Å². The van der Waals surface area contributed by atoms with Gasteiger partial charge in [0.05, 0.1) is 5.56 Å². The van der Waals surface area contributed by atoms with Crippen LogP contribution in [0.2, 0.25) is 0 Å². The van der Waals surface area contributed by atoms with E-state index in [0.717, 1.165) is 16.7 Å². The Kier molecular flexibility index (Phi) is 5.87. The molecule has 1 unspecified atom stereocenters. The second kappa shape index (κ2) is 8.52. The first-order valence-corrected chi connectivity index (χ1v) is 9.14. The van der Waals surface area contributed by atoms with Crippen molar-refractivity contribution in [2.24, 2.45) is 12.8 Å². The second-order valence-corrected chi connectivity index (χ2v) is 6.88. The molecule has 3 rings (SSSR count). The van der Waals surface area contributed by atoms with Crippen molar-refractivity contribution >= 4 is 17.6 Å². The van der Waals surface area contributed by atoms with Crippen LogP contribution in [0.15, 0.2) is 60.8 Å². The van der Waals surface area contributed by atoms with Gasteiger partial charge in [0.1, 0.15) is 11.7 Å². The van der Waals surface area contributed by atoms with Gasteiger partial charge in [0.25, 0.3) is 11.8 Å². The molecule has 1 heterocycles. The van der Waals surface area contributed by atoms with Gasteiger partial charge in [-0.15, -0.1) is 0 Å². The van der Waals surface area contributed by atoms with Gasteiger partial charge < -0.3 is 11.1 Å². The molecule has 29 heavy (non-hydrogen) atoms. The molecule has 0 spiro atoms. The molecule has 148 valence electrons. The molecule has 0 aliphatic heterocycles. The lowest BCUT2D eigenvalue weighted by Gasteiger charge is -2.16. The molecule has 0 fully saturated rings. The summed E-state index contributed by atoms with van der Waals surface area (Å²) in [5.41, 5.74) is 8.63. The van der Waals surface area contributed by atoms with Crippen molar-refractivity contribution in [3.05, 3.63) is 77.5 Å². The Bertz CT molecular complexity index is 1060. The Hall–Kier alpha value is -3.74. The largest absolute Gasteiger partial charge is 0.363 e. The Labute approximate surface area is 168 Å². The van der Waals surface area contributed by atoms with Crippen molar-refractivity contribution in [3.63, 3.8) is 0 Å². The molecule has 0 saturated carbocycles. The van der Waals surface area contributed by atoms with Gasteiger partial charge in [0.2, 0.25) is 5.78 Å². The zero-order chi connectivity index (χ0) is 21.0. The third-order valence-corrected chi connectivity index (χ3v) is 4.51. The maximum absolute atomic E-state index is 13.0. The van der Waals surface area contributed by atoms with Crippen LogP contribution in [0.1, 0.15) is 21.5 Å². The number of rotatable bonds is 7. The number of ketones is 1. The highest BCUT2D eigenvalue weighted by atomic mass is 16.2. The number of hydrogen-bond donors (Lipinski definition) is 2. The second-order valence-electron chi connectivity index (χ2n) is 6.88. The quantitative estimate of drug-likeness (QED) is 0.600. The highest BCUT2D eigenvalue weighted by Crippen LogP contribution is 2.23. The summed E-state index contributed by atoms with van der Waals surface area (Å²) in [6.07, 6.45) is 1.75. The van der Waals surface area contributed by atoms with Crippen LogP contribution in [0.5, 0.6) is 0 Å². The summed E-state index contributed by atoms with van der Waals surface area (Å²) in [4.78, 5) is 36.8. The van der Waals surface area contributed by atoms with Gasteiger partial charge in [-0.05, 0) is 18.6 Å². The monoisotopic (exact) mass is 390 g/mol. The smallest absolute Gasteiger partial charge is 0.287 e. The first kappa shape index (κ1) is 20.0. The standard InChI is InChI=1S/C22H22N4O3/c1-14-7-6-10-16(11-14)19-17(13-26(2)25-19)22(29)24-18(20(27)21(23)28)12-15-8-4-3-5-9-15/h3-11,13,18H,12H2,1-2H3,(H2,23,28)(H,24,29). The fourth-order valence-electron chi connectivity index (χ4n) is 3.13. The van der Waals surface area contributed by atoms with Crippen LogP contribution < -0.4 is 11.1 Å². The number of amides is 2. The van der Waals surface area contributed by atoms with Gasteiger partial charge in [-0.1, -0.05) is 54.1 Å². The molecule has 3 N–H and O–H groups in total. The van der Waals surface area contributed by atoms with E-state index >= 15 is 0 Å². The Morgan fingerprint density at radius 3 is 2.48 bits per heavy atom. The zero-order valence-electron chi connectivity index (χ0n) is 16.3. The van der Waals surface area contributed by atoms with Crippen molar-refractivity contribution in [1.82, 2.24) is 15.1 Å². The number of primary amides is 1. The van der Waals surface area contributed by atoms with Crippen LogP contribution in [0.25, 0.3) is 11.3 Å². The minimum atomic E-state index is -1.09. The fraction of sp³-hybridized carbons (Fsp3) is 0.182. The summed E-state index contributed by atoms with van der Waals surface area (Å²) in [6.45, 7) is 1.95. The topological polar surface area (TPSA) is 107 Å². The van der Waals surface area contributed by atoms with E-state index < -0.39 is 23.6 Å². The number of aromatic nitrogens is 2. The van der Waals surface area contributed by atoms with Crippen LogP contribution in [-0.4, -0.2) is 33.4 Å². The lowest BCUT2D eigenvalue weighted by atomic mass is 10.0. The predicted molar refractivity (Wildman–Crippen MR) is 109 cm³/mol. The van der Waals surface area contributed by atoms with Crippen molar-refractivity contribution in [1.29, 1.82) is 0 Å². The number of nitrogens with one attached hydrogen (secondary N) is 1. The molecule has 1 atom stereocenters. The van der Waals surface area contributed by atoms with Gasteiger partial charge in [-0.3, -0.25) is 19.1 Å². The van der Waals surface area contributed by atoms with Gasteiger partial charge >= 0.3 is 0 Å². The van der Waals surface area contributed by atoms with Crippen LogP contribution >= 0.6 is 0 Å². The van der Waals surface area contributed by atoms with Crippen molar-refractivity contribution in [2.75, 3.05) is 0 Å².